The molecule has 0 bridgehead atoms. The zero-order valence-electron chi connectivity index (χ0n) is 18.2. The molecule has 1 saturated heterocycles. The molecule has 8 heteroatoms. The summed E-state index contributed by atoms with van der Waals surface area (Å²) < 4.78 is 24.6. The van der Waals surface area contributed by atoms with Crippen LogP contribution < -0.4 is 10.1 Å². The van der Waals surface area contributed by atoms with Gasteiger partial charge < -0.3 is 19.7 Å². The first kappa shape index (κ1) is 25.4. The van der Waals surface area contributed by atoms with E-state index in [-0.39, 0.29) is 29.8 Å². The monoisotopic (exact) mass is 542 g/mol. The standard InChI is InChI=1S/C23H31FN4O2.HI/c1-25-23(27(2)18-19-7-9-21(24)10-8-19)26-17-20-5-3-4-6-22(20)30-16-13-28-11-14-29-15-12-28;/h3-10H,11-18H2,1-2H3,(H,25,26);1H. The average molecular weight is 542 g/mol. The number of halogens is 2. The molecule has 6 nitrogen and oxygen atoms in total. The lowest BCUT2D eigenvalue weighted by Gasteiger charge is -2.26. The van der Waals surface area contributed by atoms with E-state index in [1.165, 1.54) is 12.1 Å². The lowest BCUT2D eigenvalue weighted by Crippen LogP contribution is -2.39. The number of nitrogens with zero attached hydrogens (tertiary/aromatic N) is 3. The normalized spacial score (nSPS) is 14.6. The van der Waals surface area contributed by atoms with Crippen LogP contribution in [0.25, 0.3) is 0 Å². The van der Waals surface area contributed by atoms with E-state index in [2.05, 4.69) is 21.3 Å². The van der Waals surface area contributed by atoms with Gasteiger partial charge in [-0.05, 0) is 23.8 Å². The van der Waals surface area contributed by atoms with Gasteiger partial charge in [-0.3, -0.25) is 9.89 Å². The van der Waals surface area contributed by atoms with E-state index >= 15 is 0 Å². The SMILES string of the molecule is CN=C(NCc1ccccc1OCCN1CCOCC1)N(C)Cc1ccc(F)cc1.I. The van der Waals surface area contributed by atoms with E-state index in [1.54, 1.807) is 19.2 Å². The number of ether oxygens (including phenoxy) is 2. The van der Waals surface area contributed by atoms with E-state index in [9.17, 15) is 4.39 Å². The Balaban J connectivity index is 0.00000341. The van der Waals surface area contributed by atoms with Gasteiger partial charge in [-0.2, -0.15) is 0 Å². The Kier molecular flexibility index (Phi) is 11.0. The van der Waals surface area contributed by atoms with Gasteiger partial charge in [-0.25, -0.2) is 4.39 Å². The van der Waals surface area contributed by atoms with Crippen LogP contribution in [0.3, 0.4) is 0 Å². The third-order valence-corrected chi connectivity index (χ3v) is 5.08. The summed E-state index contributed by atoms with van der Waals surface area (Å²) in [5.41, 5.74) is 2.10. The zero-order valence-corrected chi connectivity index (χ0v) is 20.6. The summed E-state index contributed by atoms with van der Waals surface area (Å²) in [4.78, 5) is 8.73. The first-order valence-electron chi connectivity index (χ1n) is 10.3. The van der Waals surface area contributed by atoms with Gasteiger partial charge in [0.15, 0.2) is 5.96 Å². The number of guanidine groups is 1. The summed E-state index contributed by atoms with van der Waals surface area (Å²) in [6, 6.07) is 14.6. The summed E-state index contributed by atoms with van der Waals surface area (Å²) in [6.07, 6.45) is 0. The van der Waals surface area contributed by atoms with Crippen LogP contribution in [0.15, 0.2) is 53.5 Å². The summed E-state index contributed by atoms with van der Waals surface area (Å²) in [5.74, 6) is 1.42. The van der Waals surface area contributed by atoms with Crippen LogP contribution in [0.1, 0.15) is 11.1 Å². The molecule has 1 aliphatic rings. The fourth-order valence-electron chi connectivity index (χ4n) is 3.40. The molecule has 1 aliphatic heterocycles. The predicted octanol–water partition coefficient (Wildman–Crippen LogP) is 3.36. The minimum atomic E-state index is -0.228. The fraction of sp³-hybridized carbons (Fsp3) is 0.435. The molecule has 0 radical (unpaired) electrons. The first-order valence-corrected chi connectivity index (χ1v) is 10.3. The van der Waals surface area contributed by atoms with Crippen LogP contribution in [-0.4, -0.2) is 69.3 Å². The van der Waals surface area contributed by atoms with Crippen molar-refractivity contribution in [1.82, 2.24) is 15.1 Å². The van der Waals surface area contributed by atoms with Crippen LogP contribution >= 0.6 is 24.0 Å². The Morgan fingerprint density at radius 3 is 2.58 bits per heavy atom. The molecule has 0 amide bonds. The smallest absolute Gasteiger partial charge is 0.193 e. The molecule has 0 atom stereocenters. The topological polar surface area (TPSA) is 49.3 Å². The van der Waals surface area contributed by atoms with Gasteiger partial charge in [0, 0.05) is 52.4 Å². The molecule has 2 aromatic rings. The number of benzene rings is 2. The molecule has 0 unspecified atom stereocenters. The van der Waals surface area contributed by atoms with E-state index < -0.39 is 0 Å². The third kappa shape index (κ3) is 8.27. The van der Waals surface area contributed by atoms with E-state index in [1.807, 2.05) is 30.1 Å². The Labute approximate surface area is 201 Å². The van der Waals surface area contributed by atoms with Crippen molar-refractivity contribution in [2.75, 3.05) is 53.6 Å². The Morgan fingerprint density at radius 1 is 1.16 bits per heavy atom. The molecular weight excluding hydrogens is 510 g/mol. The average Bonchev–Trinajstić information content (AvgIpc) is 2.77. The van der Waals surface area contributed by atoms with Crippen molar-refractivity contribution in [2.45, 2.75) is 13.1 Å². The predicted molar refractivity (Wildman–Crippen MR) is 133 cm³/mol. The number of nitrogens with one attached hydrogen (secondary N) is 1. The molecule has 170 valence electrons. The molecule has 1 heterocycles. The van der Waals surface area contributed by atoms with Crippen molar-refractivity contribution < 1.29 is 13.9 Å². The lowest BCUT2D eigenvalue weighted by molar-refractivity contribution is 0.0322. The zero-order chi connectivity index (χ0) is 21.2. The van der Waals surface area contributed by atoms with E-state index in [4.69, 9.17) is 9.47 Å². The van der Waals surface area contributed by atoms with Gasteiger partial charge in [0.05, 0.1) is 13.2 Å². The van der Waals surface area contributed by atoms with Crippen molar-refractivity contribution >= 4 is 29.9 Å². The minimum absolute atomic E-state index is 0. The van der Waals surface area contributed by atoms with E-state index in [0.717, 1.165) is 55.7 Å². The van der Waals surface area contributed by atoms with Crippen LogP contribution in [0.4, 0.5) is 4.39 Å². The number of rotatable bonds is 8. The van der Waals surface area contributed by atoms with Crippen molar-refractivity contribution in [3.8, 4) is 5.75 Å². The maximum atomic E-state index is 13.1. The Hall–Kier alpha value is -1.91. The summed E-state index contributed by atoms with van der Waals surface area (Å²) >= 11 is 0. The number of hydrogen-bond acceptors (Lipinski definition) is 4. The van der Waals surface area contributed by atoms with Crippen LogP contribution in [0, 0.1) is 5.82 Å². The van der Waals surface area contributed by atoms with Crippen LogP contribution in [-0.2, 0) is 17.8 Å². The number of para-hydroxylation sites is 1. The molecule has 0 aromatic heterocycles. The molecule has 1 N–H and O–H groups in total. The first-order chi connectivity index (χ1) is 14.7. The van der Waals surface area contributed by atoms with Crippen molar-refractivity contribution in [3.63, 3.8) is 0 Å². The second-order valence-electron chi connectivity index (χ2n) is 7.29. The molecule has 2 aromatic carbocycles. The molecule has 0 saturated carbocycles. The van der Waals surface area contributed by atoms with Gasteiger partial charge in [-0.15, -0.1) is 24.0 Å². The van der Waals surface area contributed by atoms with Crippen molar-refractivity contribution in [3.05, 3.63) is 65.5 Å². The highest BCUT2D eigenvalue weighted by Gasteiger charge is 2.12. The fourth-order valence-corrected chi connectivity index (χ4v) is 3.40. The van der Waals surface area contributed by atoms with Crippen LogP contribution in [0.2, 0.25) is 0 Å². The highest BCUT2D eigenvalue weighted by Crippen LogP contribution is 2.18. The quantitative estimate of drug-likeness (QED) is 0.315. The summed E-state index contributed by atoms with van der Waals surface area (Å²) in [6.45, 7) is 6.30. The van der Waals surface area contributed by atoms with Crippen molar-refractivity contribution in [2.24, 2.45) is 4.99 Å². The molecule has 31 heavy (non-hydrogen) atoms. The van der Waals surface area contributed by atoms with Crippen LogP contribution in [0.5, 0.6) is 5.75 Å². The highest BCUT2D eigenvalue weighted by molar-refractivity contribution is 14.0. The van der Waals surface area contributed by atoms with Gasteiger partial charge in [0.2, 0.25) is 0 Å². The summed E-state index contributed by atoms with van der Waals surface area (Å²) in [7, 11) is 3.72. The minimum Gasteiger partial charge on any atom is -0.492 e. The second-order valence-corrected chi connectivity index (χ2v) is 7.29. The number of aliphatic imine (C=N–C) groups is 1. The highest BCUT2D eigenvalue weighted by atomic mass is 127. The van der Waals surface area contributed by atoms with Gasteiger partial charge >= 0.3 is 0 Å². The van der Waals surface area contributed by atoms with E-state index in [0.29, 0.717) is 19.7 Å². The largest absolute Gasteiger partial charge is 0.492 e. The number of morpholine rings is 1. The molecular formula is C23H32FIN4O2. The van der Waals surface area contributed by atoms with Gasteiger partial charge in [0.1, 0.15) is 18.2 Å². The lowest BCUT2D eigenvalue weighted by atomic mass is 10.2. The third-order valence-electron chi connectivity index (χ3n) is 5.08. The molecule has 3 rings (SSSR count). The Morgan fingerprint density at radius 2 is 1.87 bits per heavy atom. The van der Waals surface area contributed by atoms with Gasteiger partial charge in [0.25, 0.3) is 0 Å². The maximum Gasteiger partial charge on any atom is 0.193 e. The number of hydrogen-bond donors (Lipinski definition) is 1. The molecule has 1 fully saturated rings. The van der Waals surface area contributed by atoms with Gasteiger partial charge in [-0.1, -0.05) is 30.3 Å². The van der Waals surface area contributed by atoms with Crippen molar-refractivity contribution in [1.29, 1.82) is 0 Å². The summed E-state index contributed by atoms with van der Waals surface area (Å²) in [5, 5.41) is 3.39. The Bertz CT molecular complexity index is 813. The second kappa shape index (κ2) is 13.5. The molecule has 0 spiro atoms. The molecule has 0 aliphatic carbocycles. The maximum absolute atomic E-state index is 13.1.